The number of hydrogen-bond acceptors (Lipinski definition) is 5. The largest absolute Gasteiger partial charge is 0.399 e. The van der Waals surface area contributed by atoms with Crippen molar-refractivity contribution in [1.82, 2.24) is 4.90 Å². The van der Waals surface area contributed by atoms with Gasteiger partial charge in [-0.05, 0) is 43.4 Å². The van der Waals surface area contributed by atoms with Crippen LogP contribution in [0.2, 0.25) is 0 Å². The zero-order chi connectivity index (χ0) is 14.7. The van der Waals surface area contributed by atoms with E-state index in [1.807, 2.05) is 24.3 Å². The molecular weight excluding hydrogens is 284 g/mol. The topological polar surface area (TPSA) is 71.0 Å². The maximum Gasteiger partial charge on any atom is 0.239 e. The van der Waals surface area contributed by atoms with Crippen molar-refractivity contribution >= 4 is 34.2 Å². The van der Waals surface area contributed by atoms with E-state index in [4.69, 9.17) is 5.73 Å². The van der Waals surface area contributed by atoms with Gasteiger partial charge in [0.25, 0.3) is 0 Å². The molecule has 5 nitrogen and oxygen atoms in total. The molecule has 0 bridgehead atoms. The fraction of sp³-hybridized carbons (Fsp3) is 0.400. The predicted molar refractivity (Wildman–Crippen MR) is 87.2 cm³/mol. The van der Waals surface area contributed by atoms with Gasteiger partial charge in [-0.1, -0.05) is 23.9 Å². The van der Waals surface area contributed by atoms with Crippen LogP contribution in [0, 0.1) is 0 Å². The number of nitrogen functional groups attached to an aromatic ring is 1. The number of nitrogens with two attached hydrogens (primary N) is 1. The average molecular weight is 302 g/mol. The third kappa shape index (κ3) is 3.44. The highest BCUT2D eigenvalue weighted by Crippen LogP contribution is 2.23. The van der Waals surface area contributed by atoms with Crippen molar-refractivity contribution in [2.24, 2.45) is 10.2 Å². The number of rotatable bonds is 3. The summed E-state index contributed by atoms with van der Waals surface area (Å²) in [4.78, 5) is 13.7. The molecule has 1 aliphatic heterocycles. The van der Waals surface area contributed by atoms with Crippen LogP contribution in [-0.2, 0) is 11.3 Å². The second kappa shape index (κ2) is 6.30. The molecule has 2 N–H and O–H groups in total. The SMILES string of the molecule is Nc1ccc(CN2C(=O)CS/C2=N\N=C2CCCC2)cc1. The van der Waals surface area contributed by atoms with E-state index in [2.05, 4.69) is 10.2 Å². The summed E-state index contributed by atoms with van der Waals surface area (Å²) < 4.78 is 0. The minimum atomic E-state index is 0.0854. The van der Waals surface area contributed by atoms with Crippen molar-refractivity contribution < 1.29 is 4.79 Å². The lowest BCUT2D eigenvalue weighted by Gasteiger charge is -2.15. The van der Waals surface area contributed by atoms with Crippen LogP contribution in [0.3, 0.4) is 0 Å². The Bertz CT molecular complexity index is 586. The molecule has 21 heavy (non-hydrogen) atoms. The third-order valence-electron chi connectivity index (χ3n) is 3.63. The van der Waals surface area contributed by atoms with Gasteiger partial charge in [0.2, 0.25) is 5.91 Å². The number of carbonyl (C=O) groups excluding carboxylic acids is 1. The highest BCUT2D eigenvalue weighted by atomic mass is 32.2. The lowest BCUT2D eigenvalue weighted by Crippen LogP contribution is -2.28. The molecule has 0 atom stereocenters. The van der Waals surface area contributed by atoms with Gasteiger partial charge in [0, 0.05) is 11.4 Å². The van der Waals surface area contributed by atoms with E-state index in [0.717, 1.165) is 29.8 Å². The normalized spacial score (nSPS) is 20.6. The van der Waals surface area contributed by atoms with Gasteiger partial charge in [-0.2, -0.15) is 5.10 Å². The van der Waals surface area contributed by atoms with Crippen LogP contribution >= 0.6 is 11.8 Å². The number of anilines is 1. The van der Waals surface area contributed by atoms with Gasteiger partial charge in [0.1, 0.15) is 0 Å². The molecule has 0 unspecified atom stereocenters. The molecule has 3 rings (SSSR count). The van der Waals surface area contributed by atoms with Crippen molar-refractivity contribution in [3.63, 3.8) is 0 Å². The van der Waals surface area contributed by atoms with Crippen molar-refractivity contribution in [3.05, 3.63) is 29.8 Å². The number of amidine groups is 1. The standard InChI is InChI=1S/C15H18N4OS/c16-12-7-5-11(6-8-12)9-19-14(20)10-21-15(19)18-17-13-3-1-2-4-13/h5-8H,1-4,9-10,16H2/b18-15-. The first-order valence-corrected chi connectivity index (χ1v) is 8.12. The van der Waals surface area contributed by atoms with E-state index in [-0.39, 0.29) is 5.91 Å². The Kier molecular flexibility index (Phi) is 4.24. The first-order valence-electron chi connectivity index (χ1n) is 7.13. The molecular formula is C15H18N4OS. The summed E-state index contributed by atoms with van der Waals surface area (Å²) in [5.41, 5.74) is 8.60. The highest BCUT2D eigenvalue weighted by Gasteiger charge is 2.28. The van der Waals surface area contributed by atoms with Crippen LogP contribution in [0.15, 0.2) is 34.5 Å². The molecule has 1 amide bonds. The summed E-state index contributed by atoms with van der Waals surface area (Å²) in [7, 11) is 0. The van der Waals surface area contributed by atoms with E-state index in [1.165, 1.54) is 24.6 Å². The average Bonchev–Trinajstić information content (AvgIpc) is 3.11. The summed E-state index contributed by atoms with van der Waals surface area (Å²) in [5.74, 6) is 0.528. The highest BCUT2D eigenvalue weighted by molar-refractivity contribution is 8.15. The van der Waals surface area contributed by atoms with Crippen LogP contribution in [0.4, 0.5) is 5.69 Å². The smallest absolute Gasteiger partial charge is 0.239 e. The van der Waals surface area contributed by atoms with Crippen LogP contribution in [0.25, 0.3) is 0 Å². The Morgan fingerprint density at radius 3 is 2.57 bits per heavy atom. The third-order valence-corrected chi connectivity index (χ3v) is 4.59. The Hall–Kier alpha value is -1.82. The van der Waals surface area contributed by atoms with E-state index in [1.54, 1.807) is 4.90 Å². The number of carbonyl (C=O) groups is 1. The van der Waals surface area contributed by atoms with Gasteiger partial charge in [-0.3, -0.25) is 9.69 Å². The molecule has 2 fully saturated rings. The molecule has 1 heterocycles. The lowest BCUT2D eigenvalue weighted by molar-refractivity contribution is -0.124. The Labute approximate surface area is 128 Å². The molecule has 0 aromatic heterocycles. The molecule has 1 saturated carbocycles. The van der Waals surface area contributed by atoms with Gasteiger partial charge in [-0.15, -0.1) is 5.10 Å². The van der Waals surface area contributed by atoms with Gasteiger partial charge < -0.3 is 5.73 Å². The molecule has 2 aliphatic rings. The number of amides is 1. The summed E-state index contributed by atoms with van der Waals surface area (Å²) >= 11 is 1.46. The molecule has 6 heteroatoms. The van der Waals surface area contributed by atoms with Crippen molar-refractivity contribution in [2.75, 3.05) is 11.5 Å². The van der Waals surface area contributed by atoms with Crippen LogP contribution in [0.1, 0.15) is 31.2 Å². The van der Waals surface area contributed by atoms with Gasteiger partial charge in [0.05, 0.1) is 12.3 Å². The molecule has 0 radical (unpaired) electrons. The molecule has 0 spiro atoms. The van der Waals surface area contributed by atoms with Crippen LogP contribution in [-0.4, -0.2) is 27.4 Å². The van der Waals surface area contributed by atoms with E-state index in [0.29, 0.717) is 17.5 Å². The maximum atomic E-state index is 12.0. The first kappa shape index (κ1) is 14.1. The first-order chi connectivity index (χ1) is 10.2. The summed E-state index contributed by atoms with van der Waals surface area (Å²) in [6.07, 6.45) is 4.47. The maximum absolute atomic E-state index is 12.0. The predicted octanol–water partition coefficient (Wildman–Crippen LogP) is 2.63. The summed E-state index contributed by atoms with van der Waals surface area (Å²) in [6, 6.07) is 7.56. The quantitative estimate of drug-likeness (QED) is 0.689. The molecule has 110 valence electrons. The monoisotopic (exact) mass is 302 g/mol. The zero-order valence-corrected chi connectivity index (χ0v) is 12.6. The molecule has 1 saturated heterocycles. The zero-order valence-electron chi connectivity index (χ0n) is 11.8. The Morgan fingerprint density at radius 2 is 1.86 bits per heavy atom. The van der Waals surface area contributed by atoms with Crippen molar-refractivity contribution in [2.45, 2.75) is 32.2 Å². The van der Waals surface area contributed by atoms with E-state index < -0.39 is 0 Å². The lowest BCUT2D eigenvalue weighted by atomic mass is 10.2. The number of thioether (sulfide) groups is 1. The minimum absolute atomic E-state index is 0.0854. The van der Waals surface area contributed by atoms with E-state index in [9.17, 15) is 4.79 Å². The van der Waals surface area contributed by atoms with Gasteiger partial charge in [-0.25, -0.2) is 0 Å². The summed E-state index contributed by atoms with van der Waals surface area (Å²) in [6.45, 7) is 0.524. The number of hydrogen-bond donors (Lipinski definition) is 1. The Balaban J connectivity index is 1.74. The number of nitrogens with zero attached hydrogens (tertiary/aromatic N) is 3. The minimum Gasteiger partial charge on any atom is -0.399 e. The summed E-state index contributed by atoms with van der Waals surface area (Å²) in [5, 5.41) is 9.32. The molecule has 1 aliphatic carbocycles. The molecule has 1 aromatic rings. The fourth-order valence-electron chi connectivity index (χ4n) is 2.43. The number of benzene rings is 1. The van der Waals surface area contributed by atoms with Crippen LogP contribution < -0.4 is 5.73 Å². The second-order valence-corrected chi connectivity index (χ2v) is 6.21. The Morgan fingerprint density at radius 1 is 1.14 bits per heavy atom. The molecule has 1 aromatic carbocycles. The van der Waals surface area contributed by atoms with Crippen LogP contribution in [0.5, 0.6) is 0 Å². The second-order valence-electron chi connectivity index (χ2n) is 5.27. The van der Waals surface area contributed by atoms with E-state index >= 15 is 0 Å². The van der Waals surface area contributed by atoms with Gasteiger partial charge in [0.15, 0.2) is 5.17 Å². The fourth-order valence-corrected chi connectivity index (χ4v) is 3.26. The van der Waals surface area contributed by atoms with Gasteiger partial charge >= 0.3 is 0 Å². The van der Waals surface area contributed by atoms with Crippen molar-refractivity contribution in [3.8, 4) is 0 Å². The van der Waals surface area contributed by atoms with Crippen molar-refractivity contribution in [1.29, 1.82) is 0 Å².